The zero-order valence-corrected chi connectivity index (χ0v) is 13.2. The van der Waals surface area contributed by atoms with E-state index in [0.29, 0.717) is 16.5 Å². The Labute approximate surface area is 131 Å². The van der Waals surface area contributed by atoms with Crippen LogP contribution in [0.3, 0.4) is 0 Å². The van der Waals surface area contributed by atoms with E-state index in [1.165, 1.54) is 6.07 Å². The number of esters is 1. The van der Waals surface area contributed by atoms with Crippen LogP contribution in [0.4, 0.5) is 0 Å². The Morgan fingerprint density at radius 1 is 1.23 bits per heavy atom. The molecule has 0 N–H and O–H groups in total. The molecular formula is C16H15ClO5. The molecular weight excluding hydrogens is 308 g/mol. The van der Waals surface area contributed by atoms with E-state index in [1.54, 1.807) is 39.0 Å². The first-order valence-electron chi connectivity index (χ1n) is 6.62. The maximum atomic E-state index is 11.7. The van der Waals surface area contributed by atoms with Crippen LogP contribution in [-0.4, -0.2) is 11.2 Å². The van der Waals surface area contributed by atoms with Gasteiger partial charge < -0.3 is 9.15 Å². The first kappa shape index (κ1) is 16.2. The van der Waals surface area contributed by atoms with Gasteiger partial charge in [0.2, 0.25) is 0 Å². The molecule has 0 aliphatic rings. The van der Waals surface area contributed by atoms with Crippen LogP contribution in [0.15, 0.2) is 33.5 Å². The van der Waals surface area contributed by atoms with Crippen molar-refractivity contribution < 1.29 is 18.7 Å². The summed E-state index contributed by atoms with van der Waals surface area (Å²) in [5, 5.41) is -0.340. The van der Waals surface area contributed by atoms with Crippen LogP contribution in [0, 0.1) is 5.41 Å². The molecule has 0 aliphatic carbocycles. The van der Waals surface area contributed by atoms with E-state index < -0.39 is 16.3 Å². The average Bonchev–Trinajstić information content (AvgIpc) is 2.42. The van der Waals surface area contributed by atoms with Crippen molar-refractivity contribution in [2.75, 3.05) is 0 Å². The Morgan fingerprint density at radius 2 is 1.91 bits per heavy atom. The topological polar surface area (TPSA) is 73.6 Å². The quantitative estimate of drug-likeness (QED) is 0.492. The lowest BCUT2D eigenvalue weighted by atomic mass is 9.97. The van der Waals surface area contributed by atoms with Gasteiger partial charge in [0.05, 0.1) is 5.41 Å². The lowest BCUT2D eigenvalue weighted by molar-refractivity contribution is -0.154. The number of carbonyl (C=O) groups excluding carboxylic acids is 2. The fourth-order valence-corrected chi connectivity index (χ4v) is 1.90. The molecule has 0 fully saturated rings. The number of halogens is 1. The molecule has 22 heavy (non-hydrogen) atoms. The molecule has 0 spiro atoms. The predicted molar refractivity (Wildman–Crippen MR) is 81.9 cm³/mol. The highest BCUT2D eigenvalue weighted by molar-refractivity contribution is 6.67. The van der Waals surface area contributed by atoms with Gasteiger partial charge in [-0.1, -0.05) is 6.07 Å². The van der Waals surface area contributed by atoms with Gasteiger partial charge in [-0.3, -0.25) is 9.59 Å². The minimum absolute atomic E-state index is 0.0926. The number of carbonyl (C=O) groups is 2. The lowest BCUT2D eigenvalue weighted by Gasteiger charge is -2.16. The van der Waals surface area contributed by atoms with Gasteiger partial charge in [-0.25, -0.2) is 4.79 Å². The monoisotopic (exact) mass is 322 g/mol. The van der Waals surface area contributed by atoms with Crippen LogP contribution < -0.4 is 5.63 Å². The maximum absolute atomic E-state index is 11.7. The molecule has 116 valence electrons. The normalized spacial score (nSPS) is 11.5. The summed E-state index contributed by atoms with van der Waals surface area (Å²) in [7, 11) is 0. The third kappa shape index (κ3) is 3.54. The summed E-state index contributed by atoms with van der Waals surface area (Å²) in [6, 6.07) is 6.31. The van der Waals surface area contributed by atoms with Crippen LogP contribution in [0.25, 0.3) is 11.0 Å². The van der Waals surface area contributed by atoms with Gasteiger partial charge >= 0.3 is 11.6 Å². The Balaban J connectivity index is 2.30. The smallest absolute Gasteiger partial charge is 0.348 e. The van der Waals surface area contributed by atoms with Gasteiger partial charge in [0.1, 0.15) is 17.8 Å². The molecule has 0 aliphatic heterocycles. The van der Waals surface area contributed by atoms with E-state index in [2.05, 4.69) is 0 Å². The Bertz CT molecular complexity index is 798. The van der Waals surface area contributed by atoms with Crippen molar-refractivity contribution in [1.29, 1.82) is 0 Å². The maximum Gasteiger partial charge on any atom is 0.348 e. The van der Waals surface area contributed by atoms with Crippen molar-refractivity contribution >= 4 is 33.8 Å². The molecule has 0 atom stereocenters. The summed E-state index contributed by atoms with van der Waals surface area (Å²) in [5.41, 5.74) is -0.538. The van der Waals surface area contributed by atoms with Crippen molar-refractivity contribution in [2.45, 2.75) is 27.4 Å². The summed E-state index contributed by atoms with van der Waals surface area (Å²) in [4.78, 5) is 34.4. The molecule has 1 aromatic heterocycles. The summed E-state index contributed by atoms with van der Waals surface area (Å²) in [6.07, 6.45) is 0. The van der Waals surface area contributed by atoms with E-state index in [1.807, 2.05) is 0 Å². The number of hydrogen-bond acceptors (Lipinski definition) is 5. The Hall–Kier alpha value is -2.14. The first-order chi connectivity index (χ1) is 10.2. The van der Waals surface area contributed by atoms with Crippen molar-refractivity contribution in [3.8, 4) is 0 Å². The van der Waals surface area contributed by atoms with E-state index in [4.69, 9.17) is 20.8 Å². The molecule has 5 nitrogen and oxygen atoms in total. The first-order valence-corrected chi connectivity index (χ1v) is 7.00. The van der Waals surface area contributed by atoms with E-state index in [-0.39, 0.29) is 18.1 Å². The fraction of sp³-hybridized carbons (Fsp3) is 0.312. The SMILES string of the molecule is CC(C)(C)C(=O)OCc1ccc2oc(=O)c(C(=O)Cl)cc2c1. The van der Waals surface area contributed by atoms with Gasteiger partial charge in [-0.2, -0.15) is 0 Å². The Kier molecular flexibility index (Phi) is 4.37. The second-order valence-corrected chi connectivity index (χ2v) is 6.26. The highest BCUT2D eigenvalue weighted by Gasteiger charge is 2.23. The van der Waals surface area contributed by atoms with Crippen molar-refractivity contribution in [2.24, 2.45) is 5.41 Å². The second kappa shape index (κ2) is 5.93. The molecule has 0 amide bonds. The van der Waals surface area contributed by atoms with Gasteiger partial charge in [0, 0.05) is 5.39 Å². The molecule has 2 aromatic rings. The molecule has 0 saturated carbocycles. The summed E-state index contributed by atoms with van der Waals surface area (Å²) in [6.45, 7) is 5.39. The van der Waals surface area contributed by atoms with E-state index in [9.17, 15) is 14.4 Å². The molecule has 0 unspecified atom stereocenters. The van der Waals surface area contributed by atoms with Crippen LogP contribution in [0.5, 0.6) is 0 Å². The largest absolute Gasteiger partial charge is 0.460 e. The summed E-state index contributed by atoms with van der Waals surface area (Å²) in [5.74, 6) is -0.316. The van der Waals surface area contributed by atoms with Gasteiger partial charge in [0.25, 0.3) is 5.24 Å². The molecule has 0 saturated heterocycles. The predicted octanol–water partition coefficient (Wildman–Crippen LogP) is 3.26. The van der Waals surface area contributed by atoms with Crippen LogP contribution in [-0.2, 0) is 16.1 Å². The van der Waals surface area contributed by atoms with E-state index in [0.717, 1.165) is 0 Å². The van der Waals surface area contributed by atoms with Crippen molar-refractivity contribution in [3.63, 3.8) is 0 Å². The molecule has 2 rings (SSSR count). The van der Waals surface area contributed by atoms with Gasteiger partial charge in [0.15, 0.2) is 0 Å². The molecule has 0 radical (unpaired) electrons. The van der Waals surface area contributed by atoms with E-state index >= 15 is 0 Å². The zero-order valence-electron chi connectivity index (χ0n) is 12.4. The molecule has 1 heterocycles. The number of ether oxygens (including phenoxy) is 1. The Morgan fingerprint density at radius 3 is 2.50 bits per heavy atom. The third-order valence-corrected chi connectivity index (χ3v) is 3.19. The van der Waals surface area contributed by atoms with Crippen LogP contribution >= 0.6 is 11.6 Å². The minimum atomic E-state index is -0.875. The lowest BCUT2D eigenvalue weighted by Crippen LogP contribution is -2.22. The third-order valence-electron chi connectivity index (χ3n) is 2.99. The number of hydrogen-bond donors (Lipinski definition) is 0. The number of fused-ring (bicyclic) bond motifs is 1. The van der Waals surface area contributed by atoms with Crippen LogP contribution in [0.1, 0.15) is 36.7 Å². The second-order valence-electron chi connectivity index (χ2n) is 5.92. The van der Waals surface area contributed by atoms with Gasteiger partial charge in [-0.15, -0.1) is 0 Å². The zero-order chi connectivity index (χ0) is 16.5. The molecule has 0 bridgehead atoms. The molecule has 1 aromatic carbocycles. The van der Waals surface area contributed by atoms with Crippen LogP contribution in [0.2, 0.25) is 0 Å². The highest BCUT2D eigenvalue weighted by Crippen LogP contribution is 2.19. The highest BCUT2D eigenvalue weighted by atomic mass is 35.5. The van der Waals surface area contributed by atoms with Crippen molar-refractivity contribution in [3.05, 3.63) is 45.8 Å². The fourth-order valence-electron chi connectivity index (χ4n) is 1.77. The minimum Gasteiger partial charge on any atom is -0.460 e. The number of benzene rings is 1. The van der Waals surface area contributed by atoms with Gasteiger partial charge in [-0.05, 0) is 56.1 Å². The summed E-state index contributed by atoms with van der Waals surface area (Å²) >= 11 is 5.33. The number of rotatable bonds is 3. The summed E-state index contributed by atoms with van der Waals surface area (Å²) < 4.78 is 10.2. The average molecular weight is 323 g/mol. The van der Waals surface area contributed by atoms with Crippen molar-refractivity contribution in [1.82, 2.24) is 0 Å². The molecule has 6 heteroatoms. The standard InChI is InChI=1S/C16H15ClO5/c1-16(2,3)15(20)21-8-9-4-5-12-10(6-9)7-11(13(17)18)14(19)22-12/h4-7H,8H2,1-3H3.